The molecule has 0 saturated heterocycles. The Morgan fingerprint density at radius 2 is 1.50 bits per heavy atom. The molecule has 0 aliphatic rings. The van der Waals surface area contributed by atoms with Gasteiger partial charge in [0.05, 0.1) is 16.7 Å². The minimum atomic E-state index is -5.08. The maximum absolute atomic E-state index is 12.4. The van der Waals surface area contributed by atoms with Gasteiger partial charge in [0.15, 0.2) is 0 Å². The smallest absolute Gasteiger partial charge is 0.366 e. The molecule has 0 heterocycles. The molecule has 18 heavy (non-hydrogen) atoms. The molecule has 0 radical (unpaired) electrons. The van der Waals surface area contributed by atoms with Crippen LogP contribution in [0.1, 0.15) is 21.5 Å². The van der Waals surface area contributed by atoms with Crippen molar-refractivity contribution in [3.63, 3.8) is 0 Å². The van der Waals surface area contributed by atoms with Crippen molar-refractivity contribution in [2.75, 3.05) is 0 Å². The third-order valence-corrected chi connectivity index (χ3v) is 1.92. The lowest BCUT2D eigenvalue weighted by molar-refractivity contribution is -0.143. The van der Waals surface area contributed by atoms with Crippen LogP contribution in [0.3, 0.4) is 0 Å². The van der Waals surface area contributed by atoms with Crippen molar-refractivity contribution in [2.45, 2.75) is 12.4 Å². The van der Waals surface area contributed by atoms with E-state index in [4.69, 9.17) is 0 Å². The Morgan fingerprint density at radius 1 is 1.00 bits per heavy atom. The van der Waals surface area contributed by atoms with Crippen molar-refractivity contribution in [2.24, 2.45) is 5.73 Å². The van der Waals surface area contributed by atoms with Crippen LogP contribution < -0.4 is 5.73 Å². The maximum Gasteiger partial charge on any atom is 0.417 e. The number of hydrogen-bond acceptors (Lipinski definition) is 1. The van der Waals surface area contributed by atoms with Crippen LogP contribution in [0.25, 0.3) is 0 Å². The van der Waals surface area contributed by atoms with Crippen molar-refractivity contribution in [3.8, 4) is 0 Å². The number of rotatable bonds is 1. The zero-order chi connectivity index (χ0) is 13.4. The molecule has 1 aromatic rings. The summed E-state index contributed by atoms with van der Waals surface area (Å²) in [7, 11) is 0. The molecule has 0 saturated carbocycles. The molecule has 0 aliphatic carbocycles. The number of benzene rings is 1. The zero-order valence-electron chi connectivity index (χ0n) is 8.39. The van der Waals surface area contributed by atoms with E-state index in [2.05, 4.69) is 5.73 Å². The fourth-order valence-corrected chi connectivity index (χ4v) is 1.17. The molecule has 0 atom stereocenters. The zero-order valence-corrected chi connectivity index (χ0v) is 9.21. The quantitative estimate of drug-likeness (QED) is 0.794. The lowest BCUT2D eigenvalue weighted by Gasteiger charge is -2.14. The largest absolute Gasteiger partial charge is 0.417 e. The van der Waals surface area contributed by atoms with Gasteiger partial charge in [-0.1, -0.05) is 0 Å². The highest BCUT2D eigenvalue weighted by atomic mass is 35.5. The Balaban J connectivity index is 0.00000289. The standard InChI is InChI=1S/C9H5F6NO.ClH/c10-8(11,12)4-1-2-5(7(16)17)6(3-4)9(13,14)15;/h1-3H,(H2,16,17);1H. The maximum atomic E-state index is 12.4. The highest BCUT2D eigenvalue weighted by molar-refractivity contribution is 5.94. The molecule has 0 aliphatic heterocycles. The van der Waals surface area contributed by atoms with Gasteiger partial charge in [0.2, 0.25) is 5.91 Å². The number of carbonyl (C=O) groups excluding carboxylic acids is 1. The van der Waals surface area contributed by atoms with E-state index in [1.54, 1.807) is 0 Å². The average molecular weight is 294 g/mol. The number of carbonyl (C=O) groups is 1. The van der Waals surface area contributed by atoms with E-state index >= 15 is 0 Å². The number of amides is 1. The second-order valence-corrected chi connectivity index (χ2v) is 3.12. The van der Waals surface area contributed by atoms with Gasteiger partial charge in [0, 0.05) is 0 Å². The summed E-state index contributed by atoms with van der Waals surface area (Å²) < 4.78 is 73.8. The van der Waals surface area contributed by atoms with Crippen LogP contribution in [-0.4, -0.2) is 5.91 Å². The first-order valence-corrected chi connectivity index (χ1v) is 4.11. The minimum Gasteiger partial charge on any atom is -0.366 e. The first-order valence-electron chi connectivity index (χ1n) is 4.11. The summed E-state index contributed by atoms with van der Waals surface area (Å²) in [4.78, 5) is 10.7. The fraction of sp³-hybridized carbons (Fsp3) is 0.222. The Hall–Kier alpha value is -1.44. The van der Waals surface area contributed by atoms with Crippen LogP contribution in [-0.2, 0) is 12.4 Å². The highest BCUT2D eigenvalue weighted by Gasteiger charge is 2.38. The van der Waals surface area contributed by atoms with Gasteiger partial charge in [-0.2, -0.15) is 26.3 Å². The van der Waals surface area contributed by atoms with Crippen LogP contribution in [0, 0.1) is 0 Å². The average Bonchev–Trinajstić information content (AvgIpc) is 2.14. The van der Waals surface area contributed by atoms with Crippen LogP contribution in [0.15, 0.2) is 18.2 Å². The number of primary amides is 1. The molecule has 1 amide bonds. The predicted octanol–water partition coefficient (Wildman–Crippen LogP) is 3.24. The third kappa shape index (κ3) is 3.52. The van der Waals surface area contributed by atoms with Crippen molar-refractivity contribution < 1.29 is 31.1 Å². The predicted molar refractivity (Wildman–Crippen MR) is 52.2 cm³/mol. The van der Waals surface area contributed by atoms with E-state index in [-0.39, 0.29) is 18.5 Å². The van der Waals surface area contributed by atoms with Crippen LogP contribution >= 0.6 is 12.4 Å². The van der Waals surface area contributed by atoms with Gasteiger partial charge in [0.25, 0.3) is 0 Å². The molecule has 0 fully saturated rings. The molecular weight excluding hydrogens is 288 g/mol. The summed E-state index contributed by atoms with van der Waals surface area (Å²) in [5, 5.41) is 0. The van der Waals surface area contributed by atoms with Gasteiger partial charge >= 0.3 is 12.4 Å². The lowest BCUT2D eigenvalue weighted by Crippen LogP contribution is -2.20. The lowest BCUT2D eigenvalue weighted by atomic mass is 10.0. The Kier molecular flexibility index (Phi) is 4.65. The molecule has 0 spiro atoms. The van der Waals surface area contributed by atoms with E-state index < -0.39 is 35.0 Å². The van der Waals surface area contributed by atoms with Crippen LogP contribution in [0.2, 0.25) is 0 Å². The topological polar surface area (TPSA) is 43.1 Å². The van der Waals surface area contributed by atoms with Gasteiger partial charge < -0.3 is 5.73 Å². The van der Waals surface area contributed by atoms with Crippen LogP contribution in [0.4, 0.5) is 26.3 Å². The summed E-state index contributed by atoms with van der Waals surface area (Å²) in [6.45, 7) is 0. The van der Waals surface area contributed by atoms with Crippen molar-refractivity contribution in [1.82, 2.24) is 0 Å². The minimum absolute atomic E-state index is 0. The van der Waals surface area contributed by atoms with Gasteiger partial charge in [-0.05, 0) is 18.2 Å². The van der Waals surface area contributed by atoms with E-state index in [0.29, 0.717) is 12.1 Å². The SMILES string of the molecule is Cl.NC(=O)c1ccc(C(F)(F)F)cc1C(F)(F)F. The number of hydrogen-bond donors (Lipinski definition) is 1. The molecule has 102 valence electrons. The van der Waals surface area contributed by atoms with Gasteiger partial charge in [-0.3, -0.25) is 4.79 Å². The summed E-state index contributed by atoms with van der Waals surface area (Å²) in [6, 6.07) is 0.642. The molecule has 2 N–H and O–H groups in total. The normalized spacial score (nSPS) is 11.9. The monoisotopic (exact) mass is 293 g/mol. The Morgan fingerprint density at radius 3 is 1.83 bits per heavy atom. The van der Waals surface area contributed by atoms with Crippen molar-refractivity contribution in [1.29, 1.82) is 0 Å². The Bertz CT molecular complexity index is 453. The van der Waals surface area contributed by atoms with E-state index in [0.717, 1.165) is 0 Å². The van der Waals surface area contributed by atoms with Crippen molar-refractivity contribution >= 4 is 18.3 Å². The van der Waals surface area contributed by atoms with E-state index in [9.17, 15) is 31.1 Å². The summed E-state index contributed by atoms with van der Waals surface area (Å²) in [5.41, 5.74) is 0.470. The summed E-state index contributed by atoms with van der Waals surface area (Å²) >= 11 is 0. The molecule has 0 unspecified atom stereocenters. The molecule has 1 rings (SSSR count). The second kappa shape index (κ2) is 5.05. The number of halogens is 7. The summed E-state index contributed by atoms with van der Waals surface area (Å²) in [5.74, 6) is -1.44. The molecule has 9 heteroatoms. The second-order valence-electron chi connectivity index (χ2n) is 3.12. The Labute approximate surface area is 103 Å². The molecule has 1 aromatic carbocycles. The molecule has 0 bridgehead atoms. The number of nitrogens with two attached hydrogens (primary N) is 1. The van der Waals surface area contributed by atoms with Gasteiger partial charge in [0.1, 0.15) is 0 Å². The van der Waals surface area contributed by atoms with Gasteiger partial charge in [-0.25, -0.2) is 0 Å². The highest BCUT2D eigenvalue weighted by Crippen LogP contribution is 2.37. The summed E-state index contributed by atoms with van der Waals surface area (Å²) in [6.07, 6.45) is -10.00. The third-order valence-electron chi connectivity index (χ3n) is 1.92. The fourth-order valence-electron chi connectivity index (χ4n) is 1.17. The molecule has 0 aromatic heterocycles. The van der Waals surface area contributed by atoms with Gasteiger partial charge in [-0.15, -0.1) is 12.4 Å². The molecular formula is C9H6ClF6NO. The van der Waals surface area contributed by atoms with Crippen LogP contribution in [0.5, 0.6) is 0 Å². The first kappa shape index (κ1) is 16.6. The van der Waals surface area contributed by atoms with E-state index in [1.807, 2.05) is 0 Å². The first-order chi connectivity index (χ1) is 7.53. The number of alkyl halides is 6. The molecule has 2 nitrogen and oxygen atoms in total. The van der Waals surface area contributed by atoms with Crippen molar-refractivity contribution in [3.05, 3.63) is 34.9 Å². The van der Waals surface area contributed by atoms with E-state index in [1.165, 1.54) is 0 Å².